The molecule has 0 spiro atoms. The highest BCUT2D eigenvalue weighted by Gasteiger charge is 2.21. The van der Waals surface area contributed by atoms with Crippen LogP contribution in [-0.2, 0) is 10.0 Å². The van der Waals surface area contributed by atoms with Crippen molar-refractivity contribution >= 4 is 43.2 Å². The third-order valence-electron chi connectivity index (χ3n) is 2.41. The Morgan fingerprint density at radius 1 is 1.38 bits per heavy atom. The average Bonchev–Trinajstić information content (AvgIpc) is 2.43. The van der Waals surface area contributed by atoms with E-state index >= 15 is 0 Å². The van der Waals surface area contributed by atoms with E-state index in [-0.39, 0.29) is 21.3 Å². The van der Waals surface area contributed by atoms with Crippen LogP contribution < -0.4 is 4.72 Å². The Labute approximate surface area is 133 Å². The number of rotatable bonds is 3. The zero-order valence-electron chi connectivity index (χ0n) is 10.1. The van der Waals surface area contributed by atoms with Crippen LogP contribution in [0.5, 0.6) is 0 Å². The number of sulfonamides is 1. The Morgan fingerprint density at radius 2 is 2.10 bits per heavy atom. The van der Waals surface area contributed by atoms with Crippen LogP contribution in [0, 0.1) is 17.1 Å². The molecule has 21 heavy (non-hydrogen) atoms. The summed E-state index contributed by atoms with van der Waals surface area (Å²) >= 11 is 8.83. The molecule has 1 N–H and O–H groups in total. The smallest absolute Gasteiger partial charge is 0.265 e. The lowest BCUT2D eigenvalue weighted by atomic mass is 10.2. The van der Waals surface area contributed by atoms with Crippen LogP contribution in [0.2, 0.25) is 5.15 Å². The average molecular weight is 391 g/mol. The summed E-state index contributed by atoms with van der Waals surface area (Å²) in [6.45, 7) is 0. The minimum absolute atomic E-state index is 0.0811. The fourth-order valence-electron chi connectivity index (χ4n) is 1.46. The van der Waals surface area contributed by atoms with Crippen LogP contribution in [0.15, 0.2) is 39.8 Å². The second-order valence-electron chi connectivity index (χ2n) is 3.85. The van der Waals surface area contributed by atoms with Gasteiger partial charge in [0.25, 0.3) is 10.0 Å². The van der Waals surface area contributed by atoms with Crippen LogP contribution in [0.25, 0.3) is 0 Å². The van der Waals surface area contributed by atoms with E-state index in [9.17, 15) is 12.8 Å². The molecule has 0 saturated heterocycles. The minimum atomic E-state index is -4.11. The first-order valence-corrected chi connectivity index (χ1v) is 8.02. The van der Waals surface area contributed by atoms with Gasteiger partial charge in [0.1, 0.15) is 15.9 Å². The number of hydrogen-bond acceptors (Lipinski definition) is 4. The van der Waals surface area contributed by atoms with Gasteiger partial charge in [0.2, 0.25) is 0 Å². The molecular formula is C12H6BrClFN3O2S. The molecule has 1 aromatic heterocycles. The third-order valence-corrected chi connectivity index (χ3v) is 4.63. The van der Waals surface area contributed by atoms with Gasteiger partial charge < -0.3 is 0 Å². The van der Waals surface area contributed by atoms with Gasteiger partial charge in [-0.05, 0) is 40.2 Å². The van der Waals surface area contributed by atoms with Crippen LogP contribution in [0.3, 0.4) is 0 Å². The third kappa shape index (κ3) is 3.50. The standard InChI is InChI=1S/C12H6BrClFN3O2S/c13-8-4-11(12(14)17-6-8)21(19,20)18-10-2-1-7(5-16)3-9(10)15/h1-4,6,18H. The van der Waals surface area contributed by atoms with Gasteiger partial charge in [0.05, 0.1) is 17.3 Å². The van der Waals surface area contributed by atoms with Crippen molar-refractivity contribution in [2.75, 3.05) is 4.72 Å². The molecule has 108 valence electrons. The Kier molecular flexibility index (Phi) is 4.46. The summed E-state index contributed by atoms with van der Waals surface area (Å²) in [5.74, 6) is -0.864. The second kappa shape index (κ2) is 5.97. The summed E-state index contributed by atoms with van der Waals surface area (Å²) in [6, 6.07) is 6.38. The van der Waals surface area contributed by atoms with Crippen LogP contribution in [0.4, 0.5) is 10.1 Å². The SMILES string of the molecule is N#Cc1ccc(NS(=O)(=O)c2cc(Br)cnc2Cl)c(F)c1. The van der Waals surface area contributed by atoms with Crippen LogP contribution >= 0.6 is 27.5 Å². The van der Waals surface area contributed by atoms with Crippen molar-refractivity contribution in [3.63, 3.8) is 0 Å². The van der Waals surface area contributed by atoms with E-state index in [0.29, 0.717) is 4.47 Å². The monoisotopic (exact) mass is 389 g/mol. The summed E-state index contributed by atoms with van der Waals surface area (Å²) in [6.07, 6.45) is 1.34. The Balaban J connectivity index is 2.43. The lowest BCUT2D eigenvalue weighted by Gasteiger charge is -2.10. The number of hydrogen-bond donors (Lipinski definition) is 1. The summed E-state index contributed by atoms with van der Waals surface area (Å²) in [5.41, 5.74) is -0.206. The first kappa shape index (κ1) is 15.7. The van der Waals surface area contributed by atoms with Gasteiger partial charge in [-0.2, -0.15) is 5.26 Å². The van der Waals surface area contributed by atoms with Gasteiger partial charge in [-0.1, -0.05) is 11.6 Å². The lowest BCUT2D eigenvalue weighted by Crippen LogP contribution is -2.15. The molecule has 2 aromatic rings. The van der Waals surface area contributed by atoms with E-state index in [2.05, 4.69) is 25.6 Å². The first-order chi connectivity index (χ1) is 9.83. The van der Waals surface area contributed by atoms with Crippen LogP contribution in [0.1, 0.15) is 5.56 Å². The molecule has 0 atom stereocenters. The summed E-state index contributed by atoms with van der Waals surface area (Å²) in [7, 11) is -4.11. The van der Waals surface area contributed by atoms with Crippen molar-refractivity contribution in [2.45, 2.75) is 4.90 Å². The zero-order chi connectivity index (χ0) is 15.6. The molecule has 1 aromatic carbocycles. The Bertz CT molecular complexity index is 852. The first-order valence-electron chi connectivity index (χ1n) is 5.37. The van der Waals surface area contributed by atoms with Crippen molar-refractivity contribution < 1.29 is 12.8 Å². The van der Waals surface area contributed by atoms with Gasteiger partial charge in [0.15, 0.2) is 0 Å². The molecule has 0 amide bonds. The Morgan fingerprint density at radius 3 is 2.71 bits per heavy atom. The highest BCUT2D eigenvalue weighted by atomic mass is 79.9. The van der Waals surface area contributed by atoms with E-state index in [1.165, 1.54) is 18.3 Å². The largest absolute Gasteiger partial charge is 0.277 e. The number of nitriles is 1. The zero-order valence-corrected chi connectivity index (χ0v) is 13.3. The predicted octanol–water partition coefficient (Wildman–Crippen LogP) is 3.31. The number of anilines is 1. The normalized spacial score (nSPS) is 11.0. The molecule has 0 aliphatic rings. The molecule has 0 aliphatic carbocycles. The number of benzene rings is 1. The molecule has 0 saturated carbocycles. The van der Waals surface area contributed by atoms with Gasteiger partial charge >= 0.3 is 0 Å². The summed E-state index contributed by atoms with van der Waals surface area (Å²) in [4.78, 5) is 3.41. The maximum absolute atomic E-state index is 13.7. The number of nitrogens with one attached hydrogen (secondary N) is 1. The topological polar surface area (TPSA) is 82.9 Å². The van der Waals surface area contributed by atoms with E-state index in [4.69, 9.17) is 16.9 Å². The molecule has 5 nitrogen and oxygen atoms in total. The predicted molar refractivity (Wildman–Crippen MR) is 78.9 cm³/mol. The molecule has 0 radical (unpaired) electrons. The summed E-state index contributed by atoms with van der Waals surface area (Å²) in [5, 5.41) is 8.41. The number of aromatic nitrogens is 1. The number of halogens is 3. The molecular weight excluding hydrogens is 385 g/mol. The van der Waals surface area contributed by atoms with Gasteiger partial charge in [0, 0.05) is 10.7 Å². The van der Waals surface area contributed by atoms with E-state index < -0.39 is 15.8 Å². The molecule has 2 rings (SSSR count). The number of pyridine rings is 1. The van der Waals surface area contributed by atoms with Gasteiger partial charge in [-0.15, -0.1) is 0 Å². The van der Waals surface area contributed by atoms with Gasteiger partial charge in [-0.25, -0.2) is 17.8 Å². The molecule has 0 aliphatic heterocycles. The molecule has 0 fully saturated rings. The molecule has 0 bridgehead atoms. The highest BCUT2D eigenvalue weighted by Crippen LogP contribution is 2.26. The van der Waals surface area contributed by atoms with Crippen molar-refractivity contribution in [1.82, 2.24) is 4.98 Å². The van der Waals surface area contributed by atoms with E-state index in [1.54, 1.807) is 6.07 Å². The molecule has 0 unspecified atom stereocenters. The Hall–Kier alpha value is -1.69. The summed E-state index contributed by atoms with van der Waals surface area (Å²) < 4.78 is 40.6. The van der Waals surface area contributed by atoms with Gasteiger partial charge in [-0.3, -0.25) is 4.72 Å². The maximum Gasteiger partial charge on any atom is 0.265 e. The molecule has 1 heterocycles. The molecule has 9 heteroatoms. The van der Waals surface area contributed by atoms with Crippen molar-refractivity contribution in [3.05, 3.63) is 51.5 Å². The maximum atomic E-state index is 13.7. The quantitative estimate of drug-likeness (QED) is 0.815. The van der Waals surface area contributed by atoms with Crippen molar-refractivity contribution in [2.24, 2.45) is 0 Å². The van der Waals surface area contributed by atoms with E-state index in [1.807, 2.05) is 0 Å². The highest BCUT2D eigenvalue weighted by molar-refractivity contribution is 9.10. The van der Waals surface area contributed by atoms with Crippen molar-refractivity contribution in [3.8, 4) is 6.07 Å². The van der Waals surface area contributed by atoms with Crippen molar-refractivity contribution in [1.29, 1.82) is 5.26 Å². The number of nitrogens with zero attached hydrogens (tertiary/aromatic N) is 2. The lowest BCUT2D eigenvalue weighted by molar-refractivity contribution is 0.598. The van der Waals surface area contributed by atoms with Crippen LogP contribution in [-0.4, -0.2) is 13.4 Å². The second-order valence-corrected chi connectivity index (χ2v) is 6.78. The fourth-order valence-corrected chi connectivity index (χ4v) is 3.47. The fraction of sp³-hybridized carbons (Fsp3) is 0. The minimum Gasteiger partial charge on any atom is -0.277 e. The van der Waals surface area contributed by atoms with E-state index in [0.717, 1.165) is 12.1 Å².